The third kappa shape index (κ3) is 2.42. The van der Waals surface area contributed by atoms with E-state index in [1.807, 2.05) is 0 Å². The van der Waals surface area contributed by atoms with Gasteiger partial charge in [0, 0.05) is 6.54 Å². The quantitative estimate of drug-likeness (QED) is 0.494. The Labute approximate surface area is 66.8 Å². The Hall–Kier alpha value is 0.170. The summed E-state index contributed by atoms with van der Waals surface area (Å²) in [6.07, 6.45) is 1.67. The van der Waals surface area contributed by atoms with E-state index in [9.17, 15) is 5.11 Å². The zero-order chi connectivity index (χ0) is 6.74. The molecule has 1 heterocycles. The second kappa shape index (κ2) is 4.13. The second-order valence-electron chi connectivity index (χ2n) is 2.66. The van der Waals surface area contributed by atoms with Gasteiger partial charge >= 0.3 is 0 Å². The van der Waals surface area contributed by atoms with Crippen LogP contribution in [0.1, 0.15) is 12.8 Å². The zero-order valence-corrected chi connectivity index (χ0v) is 6.65. The molecule has 0 aliphatic carbocycles. The lowest BCUT2D eigenvalue weighted by Gasteiger charge is -2.30. The van der Waals surface area contributed by atoms with Gasteiger partial charge in [-0.2, -0.15) is 0 Å². The number of halogens is 1. The fourth-order valence-corrected chi connectivity index (χ4v) is 1.09. The van der Waals surface area contributed by atoms with Gasteiger partial charge in [0.25, 0.3) is 0 Å². The van der Waals surface area contributed by atoms with E-state index in [0.29, 0.717) is 6.54 Å². The smallest absolute Gasteiger partial charge is 0.100 e. The molecule has 4 heteroatoms. The summed E-state index contributed by atoms with van der Waals surface area (Å²) in [6.45, 7) is 1.37. The molecule has 0 unspecified atom stereocenters. The van der Waals surface area contributed by atoms with Crippen LogP contribution in [0.5, 0.6) is 0 Å². The van der Waals surface area contributed by atoms with E-state index >= 15 is 0 Å². The first-order valence-corrected chi connectivity index (χ1v) is 3.31. The number of hydrogen-bond acceptors (Lipinski definition) is 3. The molecule has 0 saturated carbocycles. The number of piperidine rings is 1. The van der Waals surface area contributed by atoms with Crippen molar-refractivity contribution in [3.8, 4) is 0 Å². The molecule has 3 nitrogen and oxygen atoms in total. The van der Waals surface area contributed by atoms with Crippen LogP contribution in [0.3, 0.4) is 0 Å². The molecule has 1 atom stereocenters. The number of rotatable bonds is 1. The Balaban J connectivity index is 0.000000810. The van der Waals surface area contributed by atoms with Crippen LogP contribution in [-0.2, 0) is 0 Å². The zero-order valence-electron chi connectivity index (χ0n) is 5.84. The Kier molecular flexibility index (Phi) is 4.20. The fourth-order valence-electron chi connectivity index (χ4n) is 1.09. The number of β-amino-alcohol motifs (C(OH)–C–C–N with tert-alkyl or cyclic N) is 1. The van der Waals surface area contributed by atoms with E-state index in [0.717, 1.165) is 19.4 Å². The summed E-state index contributed by atoms with van der Waals surface area (Å²) in [5.74, 6) is 0. The van der Waals surface area contributed by atoms with Gasteiger partial charge in [-0.25, -0.2) is 0 Å². The average molecular weight is 168 g/mol. The average Bonchev–Trinajstić information content (AvgIpc) is 1.90. The van der Waals surface area contributed by atoms with Crippen molar-refractivity contribution < 1.29 is 10.2 Å². The topological polar surface area (TPSA) is 52.5 Å². The minimum atomic E-state index is -0.835. The molecule has 3 N–H and O–H groups in total. The van der Waals surface area contributed by atoms with Crippen molar-refractivity contribution in [3.05, 3.63) is 0 Å². The molecular formula is C6H14ClNO2. The van der Waals surface area contributed by atoms with E-state index in [4.69, 9.17) is 5.11 Å². The molecule has 1 aliphatic heterocycles. The van der Waals surface area contributed by atoms with Crippen molar-refractivity contribution in [1.82, 2.24) is 5.32 Å². The lowest BCUT2D eigenvalue weighted by molar-refractivity contribution is -0.0313. The maximum absolute atomic E-state index is 9.37. The van der Waals surface area contributed by atoms with Crippen LogP contribution in [0.2, 0.25) is 0 Å². The highest BCUT2D eigenvalue weighted by atomic mass is 35.5. The highest BCUT2D eigenvalue weighted by Crippen LogP contribution is 2.13. The van der Waals surface area contributed by atoms with E-state index in [2.05, 4.69) is 5.32 Å². The van der Waals surface area contributed by atoms with Crippen LogP contribution in [-0.4, -0.2) is 35.5 Å². The van der Waals surface area contributed by atoms with E-state index in [1.165, 1.54) is 0 Å². The van der Waals surface area contributed by atoms with Crippen molar-refractivity contribution in [2.24, 2.45) is 0 Å². The van der Waals surface area contributed by atoms with E-state index < -0.39 is 5.60 Å². The summed E-state index contributed by atoms with van der Waals surface area (Å²) in [7, 11) is 0. The molecule has 0 aromatic heterocycles. The monoisotopic (exact) mass is 167 g/mol. The molecule has 0 radical (unpaired) electrons. The number of nitrogens with one attached hydrogen (secondary N) is 1. The van der Waals surface area contributed by atoms with Gasteiger partial charge in [0.05, 0.1) is 6.61 Å². The van der Waals surface area contributed by atoms with Gasteiger partial charge < -0.3 is 15.5 Å². The van der Waals surface area contributed by atoms with Crippen LogP contribution < -0.4 is 5.32 Å². The van der Waals surface area contributed by atoms with Gasteiger partial charge in [0.2, 0.25) is 0 Å². The van der Waals surface area contributed by atoms with Crippen molar-refractivity contribution in [1.29, 1.82) is 0 Å². The number of aliphatic hydroxyl groups is 2. The predicted molar refractivity (Wildman–Crippen MR) is 41.4 cm³/mol. The summed E-state index contributed by atoms with van der Waals surface area (Å²) in [5, 5.41) is 21.0. The van der Waals surface area contributed by atoms with Gasteiger partial charge in [-0.15, -0.1) is 12.4 Å². The first-order valence-electron chi connectivity index (χ1n) is 3.31. The lowest BCUT2D eigenvalue weighted by atomic mass is 9.96. The molecule has 1 rings (SSSR count). The Bertz CT molecular complexity index is 93.7. The molecule has 0 aromatic carbocycles. The van der Waals surface area contributed by atoms with Crippen LogP contribution in [0.4, 0.5) is 0 Å². The molecule has 62 valence electrons. The highest BCUT2D eigenvalue weighted by molar-refractivity contribution is 5.85. The standard InChI is InChI=1S/C6H13NO2.ClH/c8-5-6(9)2-1-3-7-4-6;/h7-9H,1-5H2;1H/t6-;/m0./s1. The molecule has 0 spiro atoms. The molecule has 0 amide bonds. The first-order chi connectivity index (χ1) is 4.27. The van der Waals surface area contributed by atoms with Crippen molar-refractivity contribution in [2.45, 2.75) is 18.4 Å². The Morgan fingerprint density at radius 3 is 2.50 bits per heavy atom. The summed E-state index contributed by atoms with van der Waals surface area (Å²) >= 11 is 0. The maximum atomic E-state index is 9.37. The molecule has 0 bridgehead atoms. The summed E-state index contributed by atoms with van der Waals surface area (Å²) in [6, 6.07) is 0. The summed E-state index contributed by atoms with van der Waals surface area (Å²) < 4.78 is 0. The first kappa shape index (κ1) is 10.2. The largest absolute Gasteiger partial charge is 0.393 e. The van der Waals surface area contributed by atoms with Gasteiger partial charge in [-0.05, 0) is 19.4 Å². The van der Waals surface area contributed by atoms with E-state index in [-0.39, 0.29) is 19.0 Å². The molecule has 1 aliphatic rings. The number of aliphatic hydroxyl groups excluding tert-OH is 1. The summed E-state index contributed by atoms with van der Waals surface area (Å²) in [4.78, 5) is 0. The predicted octanol–water partition coefficient (Wildman–Crippen LogP) is -0.485. The van der Waals surface area contributed by atoms with Crippen LogP contribution in [0.15, 0.2) is 0 Å². The normalized spacial score (nSPS) is 33.0. The van der Waals surface area contributed by atoms with Crippen LogP contribution >= 0.6 is 12.4 Å². The Morgan fingerprint density at radius 2 is 2.20 bits per heavy atom. The summed E-state index contributed by atoms with van der Waals surface area (Å²) in [5.41, 5.74) is -0.835. The van der Waals surface area contributed by atoms with Crippen molar-refractivity contribution in [2.75, 3.05) is 19.7 Å². The van der Waals surface area contributed by atoms with Crippen molar-refractivity contribution >= 4 is 12.4 Å². The van der Waals surface area contributed by atoms with Gasteiger partial charge in [0.1, 0.15) is 5.60 Å². The third-order valence-electron chi connectivity index (χ3n) is 1.74. The van der Waals surface area contributed by atoms with Gasteiger partial charge in [0.15, 0.2) is 0 Å². The van der Waals surface area contributed by atoms with E-state index in [1.54, 1.807) is 0 Å². The SMILES string of the molecule is Cl.OC[C@]1(O)CCCNC1. The molecule has 10 heavy (non-hydrogen) atoms. The minimum absolute atomic E-state index is 0. The fraction of sp³-hybridized carbons (Fsp3) is 1.00. The van der Waals surface area contributed by atoms with Crippen LogP contribution in [0.25, 0.3) is 0 Å². The molecule has 0 aromatic rings. The van der Waals surface area contributed by atoms with Crippen LogP contribution in [0, 0.1) is 0 Å². The molecular weight excluding hydrogens is 154 g/mol. The second-order valence-corrected chi connectivity index (χ2v) is 2.66. The minimum Gasteiger partial charge on any atom is -0.393 e. The molecule has 1 fully saturated rings. The van der Waals surface area contributed by atoms with Crippen molar-refractivity contribution in [3.63, 3.8) is 0 Å². The van der Waals surface area contributed by atoms with Gasteiger partial charge in [-0.3, -0.25) is 0 Å². The van der Waals surface area contributed by atoms with Gasteiger partial charge in [-0.1, -0.05) is 0 Å². The number of hydrogen-bond donors (Lipinski definition) is 3. The molecule has 1 saturated heterocycles. The third-order valence-corrected chi connectivity index (χ3v) is 1.74. The maximum Gasteiger partial charge on any atom is 0.100 e. The highest BCUT2D eigenvalue weighted by Gasteiger charge is 2.27. The lowest BCUT2D eigenvalue weighted by Crippen LogP contribution is -2.48. The Morgan fingerprint density at radius 1 is 1.50 bits per heavy atom.